The molecule has 27 heavy (non-hydrogen) atoms. The van der Waals surface area contributed by atoms with Crippen LogP contribution in [-0.2, 0) is 24.2 Å². The van der Waals surface area contributed by atoms with Gasteiger partial charge in [-0.3, -0.25) is 14.2 Å². The van der Waals surface area contributed by atoms with Gasteiger partial charge < -0.3 is 10.3 Å². The molecule has 0 radical (unpaired) electrons. The first-order valence-electron chi connectivity index (χ1n) is 9.24. The second-order valence-electron chi connectivity index (χ2n) is 6.89. The highest BCUT2D eigenvalue weighted by Gasteiger charge is 2.12. The van der Waals surface area contributed by atoms with Crippen molar-refractivity contribution >= 4 is 45.4 Å². The molecule has 0 unspecified atom stereocenters. The van der Waals surface area contributed by atoms with Crippen LogP contribution in [0.15, 0.2) is 34.4 Å². The summed E-state index contributed by atoms with van der Waals surface area (Å²) < 4.78 is 2.72. The number of H-pyrrole nitrogens is 1. The average molecular weight is 400 g/mol. The van der Waals surface area contributed by atoms with E-state index in [9.17, 15) is 9.59 Å². The number of aryl methyl sites for hydroxylation is 2. The van der Waals surface area contributed by atoms with Gasteiger partial charge in [-0.2, -0.15) is 0 Å². The third kappa shape index (κ3) is 3.89. The summed E-state index contributed by atoms with van der Waals surface area (Å²) in [6.45, 7) is 0.522. The van der Waals surface area contributed by atoms with E-state index < -0.39 is 0 Å². The Bertz CT molecular complexity index is 1110. The molecule has 2 aromatic heterocycles. The quantitative estimate of drug-likeness (QED) is 0.476. The minimum Gasteiger partial charge on any atom is -0.331 e. The zero-order valence-electron chi connectivity index (χ0n) is 14.9. The average Bonchev–Trinajstić information content (AvgIpc) is 3.29. The second-order valence-corrected chi connectivity index (χ2v) is 8.20. The fourth-order valence-electron chi connectivity index (χ4n) is 3.60. The van der Waals surface area contributed by atoms with E-state index in [2.05, 4.69) is 22.4 Å². The minimum absolute atomic E-state index is 0.0131. The number of unbranched alkanes of at least 4 members (excludes halogenated alkanes) is 1. The van der Waals surface area contributed by atoms with Crippen LogP contribution in [0, 0.1) is 4.77 Å². The maximum Gasteiger partial charge on any atom is 0.272 e. The molecule has 2 heterocycles. The molecule has 4 rings (SSSR count). The topological polar surface area (TPSA) is 66.9 Å². The van der Waals surface area contributed by atoms with Gasteiger partial charge in [0.1, 0.15) is 4.70 Å². The SMILES string of the molecule is O=C(CCCCn1c(=S)[nH]c2ccsc2c1=O)Nc1ccc2c(c1)CCC2. The van der Waals surface area contributed by atoms with Crippen LogP contribution in [0.3, 0.4) is 0 Å². The Morgan fingerprint density at radius 3 is 2.96 bits per heavy atom. The Kier molecular flexibility index (Phi) is 5.22. The molecular formula is C20H21N3O2S2. The van der Waals surface area contributed by atoms with Gasteiger partial charge in [-0.15, -0.1) is 11.3 Å². The summed E-state index contributed by atoms with van der Waals surface area (Å²) in [5.74, 6) is 0.0131. The number of aromatic nitrogens is 2. The second kappa shape index (κ2) is 7.78. The van der Waals surface area contributed by atoms with E-state index in [0.29, 0.717) is 28.9 Å². The fourth-order valence-corrected chi connectivity index (χ4v) is 4.68. The van der Waals surface area contributed by atoms with Crippen LogP contribution in [-0.4, -0.2) is 15.5 Å². The van der Waals surface area contributed by atoms with Crippen LogP contribution < -0.4 is 10.9 Å². The number of carbonyl (C=O) groups excluding carboxylic acids is 1. The van der Waals surface area contributed by atoms with Gasteiger partial charge in [0.05, 0.1) is 5.52 Å². The Morgan fingerprint density at radius 1 is 1.22 bits per heavy atom. The summed E-state index contributed by atoms with van der Waals surface area (Å²) in [5, 5.41) is 4.86. The Balaban J connectivity index is 1.31. The summed E-state index contributed by atoms with van der Waals surface area (Å²) in [6.07, 6.45) is 5.31. The maximum atomic E-state index is 12.5. The Hall–Kier alpha value is -2.25. The van der Waals surface area contributed by atoms with Crippen LogP contribution in [0.1, 0.15) is 36.8 Å². The molecular weight excluding hydrogens is 378 g/mol. The number of carbonyl (C=O) groups is 1. The smallest absolute Gasteiger partial charge is 0.272 e. The van der Waals surface area contributed by atoms with Crippen molar-refractivity contribution in [1.29, 1.82) is 0 Å². The third-order valence-electron chi connectivity index (χ3n) is 5.01. The van der Waals surface area contributed by atoms with Crippen LogP contribution in [0.25, 0.3) is 10.2 Å². The number of anilines is 1. The minimum atomic E-state index is -0.0497. The van der Waals surface area contributed by atoms with Crippen LogP contribution in [0.4, 0.5) is 5.69 Å². The van der Waals surface area contributed by atoms with Gasteiger partial charge in [0.2, 0.25) is 5.91 Å². The molecule has 5 nitrogen and oxygen atoms in total. The lowest BCUT2D eigenvalue weighted by Crippen LogP contribution is -2.21. The lowest BCUT2D eigenvalue weighted by Gasteiger charge is -2.08. The van der Waals surface area contributed by atoms with Crippen molar-refractivity contribution in [3.05, 3.63) is 55.9 Å². The van der Waals surface area contributed by atoms with Crippen LogP contribution in [0.5, 0.6) is 0 Å². The number of hydrogen-bond donors (Lipinski definition) is 2. The van der Waals surface area contributed by atoms with Crippen molar-refractivity contribution in [3.8, 4) is 0 Å². The molecule has 1 amide bonds. The fraction of sp³-hybridized carbons (Fsp3) is 0.350. The number of hydrogen-bond acceptors (Lipinski definition) is 4. The largest absolute Gasteiger partial charge is 0.331 e. The zero-order valence-corrected chi connectivity index (χ0v) is 16.5. The summed E-state index contributed by atoms with van der Waals surface area (Å²) in [4.78, 5) is 27.8. The molecule has 0 saturated heterocycles. The number of nitrogens with one attached hydrogen (secondary N) is 2. The number of aromatic amines is 1. The number of benzene rings is 1. The van der Waals surface area contributed by atoms with Crippen molar-refractivity contribution < 1.29 is 4.79 Å². The first kappa shape index (κ1) is 18.1. The molecule has 0 aliphatic heterocycles. The number of rotatable bonds is 6. The number of fused-ring (bicyclic) bond motifs is 2. The predicted octanol–water partition coefficient (Wildman–Crippen LogP) is 4.42. The van der Waals surface area contributed by atoms with Crippen molar-refractivity contribution in [2.24, 2.45) is 0 Å². The lowest BCUT2D eigenvalue weighted by molar-refractivity contribution is -0.116. The molecule has 2 N–H and O–H groups in total. The summed E-state index contributed by atoms with van der Waals surface area (Å²) in [6, 6.07) is 8.06. The molecule has 1 aliphatic rings. The van der Waals surface area contributed by atoms with Gasteiger partial charge in [-0.1, -0.05) is 6.07 Å². The molecule has 0 saturated carbocycles. The predicted molar refractivity (Wildman–Crippen MR) is 112 cm³/mol. The third-order valence-corrected chi connectivity index (χ3v) is 6.23. The Labute approximate surface area is 166 Å². The standard InChI is InChI=1S/C20H21N3O2S2/c24-17(21-15-8-7-13-4-3-5-14(13)12-15)6-1-2-10-23-19(25)18-16(9-11-27-18)22-20(23)26/h7-9,11-12H,1-6,10H2,(H,21,24)(H,22,26). The molecule has 140 valence electrons. The van der Waals surface area contributed by atoms with Crippen molar-refractivity contribution in [1.82, 2.24) is 9.55 Å². The van der Waals surface area contributed by atoms with E-state index in [1.54, 1.807) is 4.57 Å². The van der Waals surface area contributed by atoms with Gasteiger partial charge in [0.25, 0.3) is 5.56 Å². The molecule has 3 aromatic rings. The molecule has 7 heteroatoms. The summed E-state index contributed by atoms with van der Waals surface area (Å²) in [5.41, 5.74) is 4.37. The lowest BCUT2D eigenvalue weighted by atomic mass is 10.1. The first-order chi connectivity index (χ1) is 13.1. The van der Waals surface area contributed by atoms with Gasteiger partial charge >= 0.3 is 0 Å². The molecule has 0 spiro atoms. The molecule has 1 aliphatic carbocycles. The van der Waals surface area contributed by atoms with E-state index in [-0.39, 0.29) is 11.5 Å². The van der Waals surface area contributed by atoms with Crippen LogP contribution >= 0.6 is 23.6 Å². The maximum absolute atomic E-state index is 12.5. The van der Waals surface area contributed by atoms with E-state index in [1.807, 2.05) is 17.5 Å². The normalized spacial score (nSPS) is 13.0. The highest BCUT2D eigenvalue weighted by molar-refractivity contribution is 7.71. The number of amides is 1. The van der Waals surface area contributed by atoms with E-state index in [0.717, 1.165) is 30.5 Å². The van der Waals surface area contributed by atoms with Gasteiger partial charge in [0.15, 0.2) is 4.77 Å². The van der Waals surface area contributed by atoms with Gasteiger partial charge in [-0.25, -0.2) is 0 Å². The molecule has 0 fully saturated rings. The van der Waals surface area contributed by atoms with Crippen molar-refractivity contribution in [2.75, 3.05) is 5.32 Å². The van der Waals surface area contributed by atoms with Gasteiger partial charge in [-0.05, 0) is 79.0 Å². The van der Waals surface area contributed by atoms with E-state index in [1.165, 1.54) is 28.9 Å². The van der Waals surface area contributed by atoms with Crippen LogP contribution in [0.2, 0.25) is 0 Å². The summed E-state index contributed by atoms with van der Waals surface area (Å²) in [7, 11) is 0. The Morgan fingerprint density at radius 2 is 2.07 bits per heavy atom. The van der Waals surface area contributed by atoms with E-state index in [4.69, 9.17) is 12.2 Å². The molecule has 0 atom stereocenters. The van der Waals surface area contributed by atoms with E-state index >= 15 is 0 Å². The highest BCUT2D eigenvalue weighted by Crippen LogP contribution is 2.25. The first-order valence-corrected chi connectivity index (χ1v) is 10.5. The molecule has 0 bridgehead atoms. The highest BCUT2D eigenvalue weighted by atomic mass is 32.1. The number of thiophene rings is 1. The zero-order chi connectivity index (χ0) is 18.8. The monoisotopic (exact) mass is 399 g/mol. The number of nitrogens with zero attached hydrogens (tertiary/aromatic N) is 1. The van der Waals surface area contributed by atoms with Crippen molar-refractivity contribution in [2.45, 2.75) is 45.1 Å². The van der Waals surface area contributed by atoms with Crippen molar-refractivity contribution in [3.63, 3.8) is 0 Å². The van der Waals surface area contributed by atoms with Gasteiger partial charge in [0, 0.05) is 18.7 Å². The summed E-state index contributed by atoms with van der Waals surface area (Å²) >= 11 is 6.71. The molecule has 1 aromatic carbocycles.